The molecule has 3 atom stereocenters. The highest BCUT2D eigenvalue weighted by molar-refractivity contribution is 5.92. The van der Waals surface area contributed by atoms with Crippen molar-refractivity contribution in [3.05, 3.63) is 47.6 Å². The van der Waals surface area contributed by atoms with Crippen LogP contribution in [0.4, 0.5) is 0 Å². The van der Waals surface area contributed by atoms with Gasteiger partial charge in [-0.2, -0.15) is 0 Å². The number of aliphatic hydroxyl groups excluding tert-OH is 2. The van der Waals surface area contributed by atoms with E-state index in [1.165, 1.54) is 0 Å². The average molecular weight is 348 g/mol. The smallest absolute Gasteiger partial charge is 0.336 e. The molecule has 0 aromatic rings. The molecule has 1 fully saturated rings. The summed E-state index contributed by atoms with van der Waals surface area (Å²) in [7, 11) is 0. The summed E-state index contributed by atoms with van der Waals surface area (Å²) in [4.78, 5) is 24.1. The van der Waals surface area contributed by atoms with Gasteiger partial charge in [-0.15, -0.1) is 0 Å². The third-order valence-electron chi connectivity index (χ3n) is 4.49. The molecule has 1 heterocycles. The van der Waals surface area contributed by atoms with Crippen molar-refractivity contribution < 1.29 is 29.3 Å². The van der Waals surface area contributed by atoms with Crippen molar-refractivity contribution in [3.8, 4) is 0 Å². The number of esters is 2. The lowest BCUT2D eigenvalue weighted by Gasteiger charge is -2.27. The summed E-state index contributed by atoms with van der Waals surface area (Å²) in [5, 5.41) is 18.7. The first kappa shape index (κ1) is 19.1. The molecule has 1 aliphatic carbocycles. The van der Waals surface area contributed by atoms with Crippen molar-refractivity contribution in [2.24, 2.45) is 5.92 Å². The number of hydrogen-bond acceptors (Lipinski definition) is 6. The first-order valence-corrected chi connectivity index (χ1v) is 8.22. The molecule has 1 aliphatic heterocycles. The normalized spacial score (nSPS) is 31.1. The molecule has 2 aliphatic rings. The molecule has 6 heteroatoms. The molecule has 0 aromatic carbocycles. The predicted molar refractivity (Wildman–Crippen MR) is 91.4 cm³/mol. The summed E-state index contributed by atoms with van der Waals surface area (Å²) in [6.45, 7) is 8.51. The number of carbonyl (C=O) groups is 2. The first-order valence-electron chi connectivity index (χ1n) is 8.22. The highest BCUT2D eigenvalue weighted by atomic mass is 16.6. The number of hydrogen-bond donors (Lipinski definition) is 2. The summed E-state index contributed by atoms with van der Waals surface area (Å²) in [5.74, 6) is -1.81. The van der Waals surface area contributed by atoms with E-state index >= 15 is 0 Å². The van der Waals surface area contributed by atoms with Crippen LogP contribution in [0.15, 0.2) is 47.6 Å². The molecule has 0 aromatic heterocycles. The maximum Gasteiger partial charge on any atom is 0.336 e. The van der Waals surface area contributed by atoms with Crippen molar-refractivity contribution in [1.82, 2.24) is 0 Å². The van der Waals surface area contributed by atoms with Crippen molar-refractivity contribution in [1.29, 1.82) is 0 Å². The Morgan fingerprint density at radius 3 is 2.80 bits per heavy atom. The van der Waals surface area contributed by atoms with Crippen LogP contribution < -0.4 is 0 Å². The monoisotopic (exact) mass is 348 g/mol. The van der Waals surface area contributed by atoms with Gasteiger partial charge in [0, 0.05) is 12.0 Å². The van der Waals surface area contributed by atoms with Gasteiger partial charge in [-0.3, -0.25) is 0 Å². The second-order valence-electron chi connectivity index (χ2n) is 6.40. The molecular formula is C19H24O6. The van der Waals surface area contributed by atoms with E-state index < -0.39 is 36.7 Å². The maximum absolute atomic E-state index is 12.1. The third-order valence-corrected chi connectivity index (χ3v) is 4.49. The van der Waals surface area contributed by atoms with E-state index in [0.29, 0.717) is 5.57 Å². The van der Waals surface area contributed by atoms with Gasteiger partial charge in [-0.1, -0.05) is 24.8 Å². The Hall–Kier alpha value is -2.18. The minimum absolute atomic E-state index is 0.0780. The summed E-state index contributed by atoms with van der Waals surface area (Å²) in [6, 6.07) is 0. The molecule has 0 amide bonds. The van der Waals surface area contributed by atoms with E-state index in [0.717, 1.165) is 18.4 Å². The van der Waals surface area contributed by atoms with Gasteiger partial charge in [-0.05, 0) is 31.4 Å². The van der Waals surface area contributed by atoms with Gasteiger partial charge >= 0.3 is 11.9 Å². The second-order valence-corrected chi connectivity index (χ2v) is 6.40. The molecule has 136 valence electrons. The number of rotatable bonds is 4. The van der Waals surface area contributed by atoms with E-state index in [1.807, 2.05) is 19.1 Å². The van der Waals surface area contributed by atoms with Gasteiger partial charge in [0.1, 0.15) is 12.2 Å². The summed E-state index contributed by atoms with van der Waals surface area (Å²) < 4.78 is 10.9. The van der Waals surface area contributed by atoms with Crippen molar-refractivity contribution >= 4 is 11.9 Å². The Morgan fingerprint density at radius 1 is 1.44 bits per heavy atom. The zero-order valence-electron chi connectivity index (χ0n) is 14.4. The van der Waals surface area contributed by atoms with Gasteiger partial charge in [0.05, 0.1) is 24.7 Å². The largest absolute Gasteiger partial charge is 0.458 e. The molecule has 25 heavy (non-hydrogen) atoms. The van der Waals surface area contributed by atoms with E-state index in [9.17, 15) is 14.7 Å². The minimum atomic E-state index is -0.750. The minimum Gasteiger partial charge on any atom is -0.458 e. The molecule has 0 unspecified atom stereocenters. The van der Waals surface area contributed by atoms with Gasteiger partial charge in [-0.25, -0.2) is 9.59 Å². The van der Waals surface area contributed by atoms with E-state index in [2.05, 4.69) is 13.2 Å². The van der Waals surface area contributed by atoms with E-state index in [-0.39, 0.29) is 24.2 Å². The topological polar surface area (TPSA) is 93.1 Å². The van der Waals surface area contributed by atoms with Crippen LogP contribution >= 0.6 is 0 Å². The summed E-state index contributed by atoms with van der Waals surface area (Å²) >= 11 is 0. The van der Waals surface area contributed by atoms with Crippen molar-refractivity contribution in [2.75, 3.05) is 13.2 Å². The van der Waals surface area contributed by atoms with Crippen LogP contribution in [-0.4, -0.2) is 47.6 Å². The Bertz CT molecular complexity index is 642. The molecule has 1 saturated heterocycles. The molecule has 2 rings (SSSR count). The zero-order valence-corrected chi connectivity index (χ0v) is 14.4. The first-order chi connectivity index (χ1) is 11.9. The number of ether oxygens (including phenoxy) is 2. The lowest BCUT2D eigenvalue weighted by Crippen LogP contribution is -2.34. The zero-order chi connectivity index (χ0) is 18.6. The van der Waals surface area contributed by atoms with Crippen LogP contribution in [0.2, 0.25) is 0 Å². The number of allylic oxidation sites excluding steroid dienone is 2. The molecule has 0 saturated carbocycles. The molecule has 6 nitrogen and oxygen atoms in total. The summed E-state index contributed by atoms with van der Waals surface area (Å²) in [5.41, 5.74) is 1.91. The quantitative estimate of drug-likeness (QED) is 0.455. The van der Waals surface area contributed by atoms with Crippen molar-refractivity contribution in [2.45, 2.75) is 38.4 Å². The van der Waals surface area contributed by atoms with Gasteiger partial charge in [0.15, 0.2) is 0 Å². The third kappa shape index (κ3) is 4.46. The summed E-state index contributed by atoms with van der Waals surface area (Å²) in [6.07, 6.45) is 4.22. The van der Waals surface area contributed by atoms with Crippen LogP contribution in [0.5, 0.6) is 0 Å². The highest BCUT2D eigenvalue weighted by Crippen LogP contribution is 2.36. The average Bonchev–Trinajstić information content (AvgIpc) is 2.85. The number of aliphatic hydroxyl groups is 2. The van der Waals surface area contributed by atoms with Gasteiger partial charge in [0.25, 0.3) is 0 Å². The fourth-order valence-corrected chi connectivity index (χ4v) is 3.05. The standard InChI is InChI=1S/C19H24O6/c1-11-5-4-6-14(10-21)8-16(24-18(22)12(2)9-20)17-13(3)19(23)25-15(17)7-11/h6-7,15-17,20-21H,2-5,8-10H2,1H3/b11-7+,14-6+/t15-,16+,17+/m1/s1. The van der Waals surface area contributed by atoms with Crippen LogP contribution in [0.3, 0.4) is 0 Å². The van der Waals surface area contributed by atoms with E-state index in [4.69, 9.17) is 14.6 Å². The fraction of sp³-hybridized carbons (Fsp3) is 0.474. The predicted octanol–water partition coefficient (Wildman–Crippen LogP) is 1.59. The van der Waals surface area contributed by atoms with Crippen LogP contribution in [0, 0.1) is 5.92 Å². The maximum atomic E-state index is 12.1. The number of carbonyl (C=O) groups excluding carboxylic acids is 2. The fourth-order valence-electron chi connectivity index (χ4n) is 3.05. The van der Waals surface area contributed by atoms with Crippen LogP contribution in [0.25, 0.3) is 0 Å². The molecule has 2 N–H and O–H groups in total. The Morgan fingerprint density at radius 2 is 2.16 bits per heavy atom. The van der Waals surface area contributed by atoms with E-state index in [1.54, 1.807) is 0 Å². The Labute approximate surface area is 147 Å². The lowest BCUT2D eigenvalue weighted by atomic mass is 9.85. The lowest BCUT2D eigenvalue weighted by molar-refractivity contribution is -0.147. The Kier molecular flexibility index (Phi) is 6.33. The van der Waals surface area contributed by atoms with Crippen molar-refractivity contribution in [3.63, 3.8) is 0 Å². The van der Waals surface area contributed by atoms with Gasteiger partial charge in [0.2, 0.25) is 0 Å². The Balaban J connectivity index is 2.39. The van der Waals surface area contributed by atoms with Gasteiger partial charge < -0.3 is 19.7 Å². The SMILES string of the molecule is C=C(CO)C(=O)O[C@H]1C/C(CO)=C\CC/C(C)=C/[C@H]2OC(=O)C(=C)[C@H]12. The number of fused-ring (bicyclic) bond motifs is 1. The van der Waals surface area contributed by atoms with Crippen LogP contribution in [-0.2, 0) is 19.1 Å². The highest BCUT2D eigenvalue weighted by Gasteiger charge is 2.44. The van der Waals surface area contributed by atoms with Crippen LogP contribution in [0.1, 0.15) is 26.2 Å². The molecule has 0 spiro atoms. The molecular weight excluding hydrogens is 324 g/mol. The molecule has 0 radical (unpaired) electrons. The molecule has 0 bridgehead atoms. The second kappa shape index (κ2) is 8.27.